The summed E-state index contributed by atoms with van der Waals surface area (Å²) in [6.07, 6.45) is 1.62. The first-order chi connectivity index (χ1) is 12.7. The van der Waals surface area contributed by atoms with Crippen molar-refractivity contribution in [2.24, 2.45) is 7.05 Å². The molecule has 0 aliphatic carbocycles. The predicted molar refractivity (Wildman–Crippen MR) is 117 cm³/mol. The number of nitrogens with one attached hydrogen (secondary N) is 2. The molecule has 1 aliphatic heterocycles. The van der Waals surface area contributed by atoms with Crippen molar-refractivity contribution in [1.29, 1.82) is 0 Å². The number of sulfonamides is 1. The molecule has 2 N–H and O–H groups in total. The summed E-state index contributed by atoms with van der Waals surface area (Å²) < 4.78 is 44.1. The van der Waals surface area contributed by atoms with E-state index in [0.29, 0.717) is 11.3 Å². The van der Waals surface area contributed by atoms with Gasteiger partial charge >= 0.3 is 0 Å². The van der Waals surface area contributed by atoms with Crippen LogP contribution in [-0.2, 0) is 17.1 Å². The number of aromatic nitrogens is 1. The minimum atomic E-state index is -3.70. The third kappa shape index (κ3) is 4.32. The first-order valence-electron chi connectivity index (χ1n) is 7.91. The molecule has 144 valence electrons. The summed E-state index contributed by atoms with van der Waals surface area (Å²) in [5.74, 6) is 0.0944. The van der Waals surface area contributed by atoms with Gasteiger partial charge < -0.3 is 5.32 Å². The number of aryl methyl sites for hydroxylation is 1. The summed E-state index contributed by atoms with van der Waals surface area (Å²) in [6.45, 7) is 1.60. The number of hydrogen-bond acceptors (Lipinski definition) is 5. The number of nitrogens with zero attached hydrogens (tertiary/aromatic N) is 1. The Bertz CT molecular complexity index is 1080. The third-order valence-corrected chi connectivity index (χ3v) is 7.49. The zero-order valence-corrected chi connectivity index (χ0v) is 18.3. The van der Waals surface area contributed by atoms with Gasteiger partial charge in [-0.15, -0.1) is 11.8 Å². The maximum atomic E-state index is 14.3. The molecule has 0 radical (unpaired) electrons. The number of anilines is 3. The van der Waals surface area contributed by atoms with Gasteiger partial charge in [0.1, 0.15) is 16.9 Å². The van der Waals surface area contributed by atoms with Gasteiger partial charge in [0.15, 0.2) is 0 Å². The van der Waals surface area contributed by atoms with Gasteiger partial charge in [0, 0.05) is 21.9 Å². The molecule has 0 fully saturated rings. The van der Waals surface area contributed by atoms with Crippen molar-refractivity contribution < 1.29 is 12.8 Å². The van der Waals surface area contributed by atoms with Crippen molar-refractivity contribution in [3.8, 4) is 0 Å². The van der Waals surface area contributed by atoms with E-state index < -0.39 is 21.1 Å². The Morgan fingerprint density at radius 2 is 2.04 bits per heavy atom. The predicted octanol–water partition coefficient (Wildman–Crippen LogP) is 3.55. The number of thioether (sulfide) groups is 1. The number of hydrogen-bond donors (Lipinski definition) is 2. The second kappa shape index (κ2) is 7.84. The first kappa shape index (κ1) is 20.2. The second-order valence-electron chi connectivity index (χ2n) is 6.05. The van der Waals surface area contributed by atoms with E-state index in [9.17, 15) is 17.6 Å². The minimum absolute atomic E-state index is 0.144. The summed E-state index contributed by atoms with van der Waals surface area (Å²) in [7, 11) is -2.19. The summed E-state index contributed by atoms with van der Waals surface area (Å²) in [5.41, 5.74) is 0.409. The Morgan fingerprint density at radius 3 is 2.67 bits per heavy atom. The molecule has 1 aromatic heterocycles. The smallest absolute Gasteiger partial charge is 0.254 e. The molecule has 27 heavy (non-hydrogen) atoms. The van der Waals surface area contributed by atoms with Crippen molar-refractivity contribution in [3.63, 3.8) is 0 Å². The van der Waals surface area contributed by atoms with Gasteiger partial charge in [-0.3, -0.25) is 14.1 Å². The van der Waals surface area contributed by atoms with Crippen LogP contribution in [0.4, 0.5) is 21.6 Å². The highest BCUT2D eigenvalue weighted by Crippen LogP contribution is 2.29. The molecule has 10 heteroatoms. The fourth-order valence-electron chi connectivity index (χ4n) is 2.61. The Labute approximate surface area is 174 Å². The van der Waals surface area contributed by atoms with Crippen molar-refractivity contribution in [1.82, 2.24) is 4.57 Å². The molecule has 1 atom stereocenters. The fraction of sp³-hybridized carbons (Fsp3) is 0.235. The summed E-state index contributed by atoms with van der Waals surface area (Å²) in [6, 6.07) is 6.05. The molecule has 6 nitrogen and oxygen atoms in total. The zero-order chi connectivity index (χ0) is 19.8. The molecular formula is C17H17FIN3O3S2. The highest BCUT2D eigenvalue weighted by atomic mass is 127. The molecule has 3 rings (SSSR count). The van der Waals surface area contributed by atoms with E-state index >= 15 is 0 Å². The molecule has 0 saturated carbocycles. The van der Waals surface area contributed by atoms with Crippen molar-refractivity contribution in [3.05, 3.63) is 61.1 Å². The molecule has 0 saturated heterocycles. The molecule has 0 bridgehead atoms. The molecule has 2 heterocycles. The molecule has 1 aliphatic rings. The van der Waals surface area contributed by atoms with Gasteiger partial charge in [-0.05, 0) is 59.2 Å². The van der Waals surface area contributed by atoms with Gasteiger partial charge in [-0.25, -0.2) is 12.8 Å². The summed E-state index contributed by atoms with van der Waals surface area (Å²) in [4.78, 5) is 12.3. The van der Waals surface area contributed by atoms with E-state index in [1.54, 1.807) is 24.5 Å². The zero-order valence-electron chi connectivity index (χ0n) is 14.5. The van der Waals surface area contributed by atoms with Gasteiger partial charge in [0.05, 0.1) is 11.4 Å². The highest BCUT2D eigenvalue weighted by molar-refractivity contribution is 14.1. The van der Waals surface area contributed by atoms with Crippen molar-refractivity contribution in [2.75, 3.05) is 15.8 Å². The van der Waals surface area contributed by atoms with E-state index in [4.69, 9.17) is 0 Å². The van der Waals surface area contributed by atoms with E-state index in [2.05, 4.69) is 10.0 Å². The number of rotatable bonds is 5. The average Bonchev–Trinajstić information content (AvgIpc) is 3.13. The Kier molecular flexibility index (Phi) is 5.87. The van der Waals surface area contributed by atoms with Crippen LogP contribution >= 0.6 is 34.4 Å². The van der Waals surface area contributed by atoms with Crippen LogP contribution in [0.5, 0.6) is 0 Å². The third-order valence-electron chi connectivity index (χ3n) is 4.08. The second-order valence-corrected chi connectivity index (χ2v) is 10.1. The quantitative estimate of drug-likeness (QED) is 0.589. The maximum Gasteiger partial charge on any atom is 0.254 e. The van der Waals surface area contributed by atoms with Crippen LogP contribution in [0.3, 0.4) is 0 Å². The largest absolute Gasteiger partial charge is 0.337 e. The lowest BCUT2D eigenvalue weighted by molar-refractivity contribution is 0.597. The molecular weight excluding hydrogens is 504 g/mol. The van der Waals surface area contributed by atoms with Crippen molar-refractivity contribution >= 4 is 61.6 Å². The lowest BCUT2D eigenvalue weighted by Gasteiger charge is -2.20. The molecule has 0 amide bonds. The Hall–Kier alpha value is -1.53. The minimum Gasteiger partial charge on any atom is -0.337 e. The maximum absolute atomic E-state index is 14.3. The molecule has 1 aromatic carbocycles. The van der Waals surface area contributed by atoms with Gasteiger partial charge in [-0.2, -0.15) is 0 Å². The van der Waals surface area contributed by atoms with E-state index in [1.807, 2.05) is 22.6 Å². The first-order valence-corrected chi connectivity index (χ1v) is 11.6. The topological polar surface area (TPSA) is 80.2 Å². The monoisotopic (exact) mass is 521 g/mol. The average molecular weight is 521 g/mol. The van der Waals surface area contributed by atoms with Crippen molar-refractivity contribution in [2.45, 2.75) is 12.2 Å². The lowest BCUT2D eigenvalue weighted by atomic mass is 10.2. The van der Waals surface area contributed by atoms with Crippen LogP contribution in [0, 0.1) is 16.3 Å². The number of benzene rings is 1. The van der Waals surface area contributed by atoms with Gasteiger partial charge in [-0.1, -0.05) is 6.08 Å². The van der Waals surface area contributed by atoms with Crippen LogP contribution in [0.15, 0.2) is 40.5 Å². The van der Waals surface area contributed by atoms with Gasteiger partial charge in [0.2, 0.25) is 10.0 Å². The van der Waals surface area contributed by atoms with Crippen LogP contribution in [0.25, 0.3) is 0 Å². The van der Waals surface area contributed by atoms with E-state index in [-0.39, 0.29) is 22.8 Å². The SMILES string of the molecule is Cc1cc(NS(=O)(=O)C2C=CSC2)c(Nc2ccc(I)cc2F)n(C)c1=O. The molecule has 2 aromatic rings. The Morgan fingerprint density at radius 1 is 1.30 bits per heavy atom. The summed E-state index contributed by atoms with van der Waals surface area (Å²) in [5, 5.41) is 3.93. The molecule has 0 spiro atoms. The molecule has 1 unspecified atom stereocenters. The van der Waals surface area contributed by atoms with Crippen LogP contribution in [0.2, 0.25) is 0 Å². The Balaban J connectivity index is 2.05. The fourth-order valence-corrected chi connectivity index (χ4v) is 5.73. The van der Waals surface area contributed by atoms with Crippen LogP contribution in [-0.4, -0.2) is 24.0 Å². The lowest BCUT2D eigenvalue weighted by Crippen LogP contribution is -2.29. The van der Waals surface area contributed by atoms with E-state index in [0.717, 1.165) is 3.57 Å². The summed E-state index contributed by atoms with van der Waals surface area (Å²) >= 11 is 3.41. The normalized spacial score (nSPS) is 16.5. The number of halogens is 2. The van der Waals surface area contributed by atoms with Gasteiger partial charge in [0.25, 0.3) is 5.56 Å². The number of pyridine rings is 1. The van der Waals surface area contributed by atoms with E-state index in [1.165, 1.54) is 41.6 Å². The standard InChI is InChI=1S/C17H17FIN3O3S2/c1-10-7-15(21-27(24,25)12-5-6-26-9-12)16(22(2)17(10)23)20-14-4-3-11(19)8-13(14)18/h3-8,12,20-21H,9H2,1-2H3. The van der Waals surface area contributed by atoms with Crippen LogP contribution < -0.4 is 15.6 Å². The highest BCUT2D eigenvalue weighted by Gasteiger charge is 2.27. The van der Waals surface area contributed by atoms with Crippen LogP contribution in [0.1, 0.15) is 5.56 Å².